The van der Waals surface area contributed by atoms with Crippen LogP contribution in [-0.2, 0) is 0 Å². The lowest BCUT2D eigenvalue weighted by atomic mass is 10.2. The van der Waals surface area contributed by atoms with Gasteiger partial charge >= 0.3 is 0 Å². The highest BCUT2D eigenvalue weighted by molar-refractivity contribution is 5.69. The van der Waals surface area contributed by atoms with E-state index in [1.807, 2.05) is 20.8 Å². The van der Waals surface area contributed by atoms with E-state index in [-0.39, 0.29) is 5.82 Å². The highest BCUT2D eigenvalue weighted by Crippen LogP contribution is 2.30. The minimum absolute atomic E-state index is 0.346. The largest absolute Gasteiger partial charge is 0.494 e. The van der Waals surface area contributed by atoms with Crippen molar-refractivity contribution in [1.82, 2.24) is 9.97 Å². The van der Waals surface area contributed by atoms with Gasteiger partial charge in [-0.05, 0) is 32.9 Å². The number of benzene rings is 1. The van der Waals surface area contributed by atoms with Crippen LogP contribution in [0.2, 0.25) is 0 Å². The Kier molecular flexibility index (Phi) is 4.57. The molecule has 5 nitrogen and oxygen atoms in total. The van der Waals surface area contributed by atoms with Crippen LogP contribution in [0.15, 0.2) is 18.2 Å². The van der Waals surface area contributed by atoms with Crippen molar-refractivity contribution in [2.45, 2.75) is 20.8 Å². The van der Waals surface area contributed by atoms with Gasteiger partial charge in [0.1, 0.15) is 29.0 Å². The maximum atomic E-state index is 13.2. The average Bonchev–Trinajstić information content (AvgIpc) is 2.45. The first kappa shape index (κ1) is 15.0. The van der Waals surface area contributed by atoms with E-state index < -0.39 is 0 Å². The summed E-state index contributed by atoms with van der Waals surface area (Å²) < 4.78 is 18.4. The van der Waals surface area contributed by atoms with Gasteiger partial charge in [0.05, 0.1) is 12.8 Å². The molecule has 6 heteroatoms. The SMILES string of the molecule is CCNc1nc(C)nc(Nc2ccc(F)cc2OC)c1C. The smallest absolute Gasteiger partial charge is 0.145 e. The summed E-state index contributed by atoms with van der Waals surface area (Å²) in [4.78, 5) is 8.77. The Morgan fingerprint density at radius 2 is 1.90 bits per heavy atom. The summed E-state index contributed by atoms with van der Waals surface area (Å²) in [5.74, 6) is 2.19. The molecule has 0 saturated carbocycles. The van der Waals surface area contributed by atoms with Gasteiger partial charge in [-0.1, -0.05) is 0 Å². The van der Waals surface area contributed by atoms with Gasteiger partial charge < -0.3 is 15.4 Å². The first-order chi connectivity index (χ1) is 10.0. The Bertz CT molecular complexity index is 646. The number of hydrogen-bond acceptors (Lipinski definition) is 5. The molecule has 0 radical (unpaired) electrons. The number of halogens is 1. The molecule has 21 heavy (non-hydrogen) atoms. The number of anilines is 3. The van der Waals surface area contributed by atoms with Gasteiger partial charge in [-0.2, -0.15) is 0 Å². The average molecular weight is 290 g/mol. The van der Waals surface area contributed by atoms with E-state index in [1.54, 1.807) is 6.07 Å². The van der Waals surface area contributed by atoms with Crippen LogP contribution in [0.25, 0.3) is 0 Å². The summed E-state index contributed by atoms with van der Waals surface area (Å²) in [6.07, 6.45) is 0. The predicted molar refractivity (Wildman–Crippen MR) is 81.9 cm³/mol. The molecule has 1 aromatic carbocycles. The zero-order valence-electron chi connectivity index (χ0n) is 12.6. The minimum Gasteiger partial charge on any atom is -0.494 e. The second-order valence-electron chi connectivity index (χ2n) is 4.59. The normalized spacial score (nSPS) is 10.3. The van der Waals surface area contributed by atoms with Crippen LogP contribution in [0.5, 0.6) is 5.75 Å². The van der Waals surface area contributed by atoms with Gasteiger partial charge in [0.25, 0.3) is 0 Å². The Labute approximate surface area is 123 Å². The standard InChI is InChI=1S/C15H19FN4O/c1-5-17-14-9(2)15(19-10(3)18-14)20-12-7-6-11(16)8-13(12)21-4/h6-8H,5H2,1-4H3,(H2,17,18,19,20). The molecule has 2 aromatic rings. The second kappa shape index (κ2) is 6.39. The first-order valence-electron chi connectivity index (χ1n) is 6.74. The van der Waals surface area contributed by atoms with Gasteiger partial charge in [-0.25, -0.2) is 14.4 Å². The van der Waals surface area contributed by atoms with Gasteiger partial charge in [-0.3, -0.25) is 0 Å². The van der Waals surface area contributed by atoms with Gasteiger partial charge in [-0.15, -0.1) is 0 Å². The minimum atomic E-state index is -0.346. The molecule has 0 spiro atoms. The molecule has 0 atom stereocenters. The molecule has 0 bridgehead atoms. The lowest BCUT2D eigenvalue weighted by Crippen LogP contribution is -2.08. The van der Waals surface area contributed by atoms with Crippen molar-refractivity contribution >= 4 is 17.3 Å². The van der Waals surface area contributed by atoms with Crippen molar-refractivity contribution in [1.29, 1.82) is 0 Å². The second-order valence-corrected chi connectivity index (χ2v) is 4.59. The molecule has 0 aliphatic rings. The third-order valence-corrected chi connectivity index (χ3v) is 3.02. The summed E-state index contributed by atoms with van der Waals surface area (Å²) in [6, 6.07) is 4.33. The molecule has 0 saturated heterocycles. The number of ether oxygens (including phenoxy) is 1. The summed E-state index contributed by atoms with van der Waals surface area (Å²) in [6.45, 7) is 6.53. The fraction of sp³-hybridized carbons (Fsp3) is 0.333. The molecule has 2 rings (SSSR count). The van der Waals surface area contributed by atoms with Crippen LogP contribution in [0.4, 0.5) is 21.7 Å². The lowest BCUT2D eigenvalue weighted by molar-refractivity contribution is 0.413. The monoisotopic (exact) mass is 290 g/mol. The van der Waals surface area contributed by atoms with Crippen molar-refractivity contribution in [3.63, 3.8) is 0 Å². The van der Waals surface area contributed by atoms with Crippen LogP contribution in [-0.4, -0.2) is 23.6 Å². The van der Waals surface area contributed by atoms with E-state index in [0.717, 1.165) is 17.9 Å². The van der Waals surface area contributed by atoms with Crippen LogP contribution in [0.1, 0.15) is 18.3 Å². The number of hydrogen-bond donors (Lipinski definition) is 2. The Morgan fingerprint density at radius 1 is 1.19 bits per heavy atom. The van der Waals surface area contributed by atoms with E-state index in [9.17, 15) is 4.39 Å². The fourth-order valence-electron chi connectivity index (χ4n) is 1.99. The zero-order chi connectivity index (χ0) is 15.4. The number of aromatic nitrogens is 2. The van der Waals surface area contributed by atoms with E-state index in [1.165, 1.54) is 19.2 Å². The van der Waals surface area contributed by atoms with Crippen LogP contribution < -0.4 is 15.4 Å². The zero-order valence-corrected chi connectivity index (χ0v) is 12.6. The first-order valence-corrected chi connectivity index (χ1v) is 6.74. The van der Waals surface area contributed by atoms with E-state index in [0.29, 0.717) is 23.1 Å². The Balaban J connectivity index is 2.39. The van der Waals surface area contributed by atoms with Crippen molar-refractivity contribution in [2.24, 2.45) is 0 Å². The van der Waals surface area contributed by atoms with Crippen molar-refractivity contribution in [3.05, 3.63) is 35.4 Å². The fourth-order valence-corrected chi connectivity index (χ4v) is 1.99. The number of methoxy groups -OCH3 is 1. The third-order valence-electron chi connectivity index (χ3n) is 3.02. The van der Waals surface area contributed by atoms with E-state index in [4.69, 9.17) is 4.74 Å². The molecular weight excluding hydrogens is 271 g/mol. The number of nitrogens with zero attached hydrogens (tertiary/aromatic N) is 2. The molecule has 0 unspecified atom stereocenters. The number of aryl methyl sites for hydroxylation is 1. The third kappa shape index (κ3) is 3.39. The molecule has 0 aliphatic heterocycles. The molecule has 1 heterocycles. The lowest BCUT2D eigenvalue weighted by Gasteiger charge is -2.15. The van der Waals surface area contributed by atoms with E-state index >= 15 is 0 Å². The highest BCUT2D eigenvalue weighted by atomic mass is 19.1. The maximum absolute atomic E-state index is 13.2. The highest BCUT2D eigenvalue weighted by Gasteiger charge is 2.11. The predicted octanol–water partition coefficient (Wildman–Crippen LogP) is 3.42. The summed E-state index contributed by atoms with van der Waals surface area (Å²) in [7, 11) is 1.50. The molecule has 112 valence electrons. The summed E-state index contributed by atoms with van der Waals surface area (Å²) in [5.41, 5.74) is 1.55. The molecule has 0 amide bonds. The topological polar surface area (TPSA) is 59.1 Å². The molecule has 0 aliphatic carbocycles. The van der Waals surface area contributed by atoms with Crippen molar-refractivity contribution in [2.75, 3.05) is 24.3 Å². The van der Waals surface area contributed by atoms with Gasteiger partial charge in [0, 0.05) is 18.2 Å². The van der Waals surface area contributed by atoms with Crippen LogP contribution >= 0.6 is 0 Å². The van der Waals surface area contributed by atoms with Gasteiger partial charge in [0.2, 0.25) is 0 Å². The maximum Gasteiger partial charge on any atom is 0.145 e. The molecule has 2 N–H and O–H groups in total. The molecular formula is C15H19FN4O. The van der Waals surface area contributed by atoms with Crippen molar-refractivity contribution < 1.29 is 9.13 Å². The molecule has 1 aromatic heterocycles. The van der Waals surface area contributed by atoms with Crippen LogP contribution in [0.3, 0.4) is 0 Å². The number of nitrogens with one attached hydrogen (secondary N) is 2. The molecule has 0 fully saturated rings. The van der Waals surface area contributed by atoms with Crippen molar-refractivity contribution in [3.8, 4) is 5.75 Å². The summed E-state index contributed by atoms with van der Waals surface area (Å²) >= 11 is 0. The van der Waals surface area contributed by atoms with Crippen LogP contribution in [0, 0.1) is 19.7 Å². The number of rotatable bonds is 5. The Morgan fingerprint density at radius 3 is 2.57 bits per heavy atom. The van der Waals surface area contributed by atoms with Gasteiger partial charge in [0.15, 0.2) is 0 Å². The summed E-state index contributed by atoms with van der Waals surface area (Å²) in [5, 5.41) is 6.37. The van der Waals surface area contributed by atoms with E-state index in [2.05, 4.69) is 20.6 Å². The quantitative estimate of drug-likeness (QED) is 0.883. The Hall–Kier alpha value is -2.37.